The van der Waals surface area contributed by atoms with Crippen LogP contribution in [0, 0.1) is 0 Å². The molecule has 0 unspecified atom stereocenters. The molecule has 0 saturated heterocycles. The van der Waals surface area contributed by atoms with E-state index in [1.165, 1.54) is 0 Å². The third-order valence-electron chi connectivity index (χ3n) is 2.69. The van der Waals surface area contributed by atoms with E-state index < -0.39 is 0 Å². The summed E-state index contributed by atoms with van der Waals surface area (Å²) in [4.78, 5) is 4.37. The van der Waals surface area contributed by atoms with Gasteiger partial charge in [0.15, 0.2) is 0 Å². The number of hydrogen-bond donors (Lipinski definition) is 0. The number of nitrogens with zero attached hydrogens (tertiary/aromatic N) is 4. The molecule has 0 N–H and O–H groups in total. The van der Waals surface area contributed by atoms with Gasteiger partial charge in [-0.1, -0.05) is 0 Å². The van der Waals surface area contributed by atoms with Gasteiger partial charge in [0.05, 0.1) is 17.5 Å². The highest BCUT2D eigenvalue weighted by Gasteiger charge is 2.02. The van der Waals surface area contributed by atoms with Crippen molar-refractivity contribution in [3.63, 3.8) is 0 Å². The van der Waals surface area contributed by atoms with Crippen LogP contribution in [0.5, 0.6) is 0 Å². The van der Waals surface area contributed by atoms with Crippen LogP contribution in [-0.4, -0.2) is 19.2 Å². The molecule has 0 fully saturated rings. The maximum Gasteiger partial charge on any atom is 0.0953 e. The van der Waals surface area contributed by atoms with Crippen LogP contribution in [0.2, 0.25) is 0 Å². The van der Waals surface area contributed by atoms with Crippen LogP contribution >= 0.6 is 0 Å². The summed E-state index contributed by atoms with van der Waals surface area (Å²) in [6.45, 7) is 3.04. The van der Waals surface area contributed by atoms with E-state index in [1.807, 2.05) is 35.4 Å². The summed E-state index contributed by atoms with van der Waals surface area (Å²) in [5, 5.41) is 4.21. The van der Waals surface area contributed by atoms with Gasteiger partial charge >= 0.3 is 0 Å². The van der Waals surface area contributed by atoms with E-state index in [4.69, 9.17) is 0 Å². The molecule has 0 spiro atoms. The molecule has 0 aromatic carbocycles. The van der Waals surface area contributed by atoms with Crippen LogP contribution in [0.25, 0.3) is 16.8 Å². The topological polar surface area (TPSA) is 35.1 Å². The zero-order chi connectivity index (χ0) is 11.0. The smallest absolute Gasteiger partial charge is 0.0953 e. The van der Waals surface area contributed by atoms with Crippen molar-refractivity contribution in [2.75, 3.05) is 0 Å². The summed E-state index contributed by atoms with van der Waals surface area (Å²) in [5.74, 6) is 0. The molecule has 0 amide bonds. The zero-order valence-electron chi connectivity index (χ0n) is 9.04. The molecule has 0 bridgehead atoms. The molecule has 80 valence electrons. The van der Waals surface area contributed by atoms with Gasteiger partial charge < -0.3 is 4.57 Å². The van der Waals surface area contributed by atoms with Crippen LogP contribution in [0.1, 0.15) is 6.92 Å². The number of fused-ring (bicyclic) bond motifs is 1. The fourth-order valence-electron chi connectivity index (χ4n) is 1.75. The van der Waals surface area contributed by atoms with Crippen LogP contribution in [0.15, 0.2) is 43.1 Å². The van der Waals surface area contributed by atoms with Gasteiger partial charge in [0.1, 0.15) is 0 Å². The molecular formula is C12H12N4. The Kier molecular flexibility index (Phi) is 1.99. The first kappa shape index (κ1) is 9.15. The monoisotopic (exact) mass is 212 g/mol. The van der Waals surface area contributed by atoms with Crippen molar-refractivity contribution in [2.24, 2.45) is 0 Å². The minimum Gasteiger partial charge on any atom is -0.337 e. The maximum atomic E-state index is 4.37. The summed E-state index contributed by atoms with van der Waals surface area (Å²) in [6, 6.07) is 6.10. The Morgan fingerprint density at radius 3 is 2.94 bits per heavy atom. The van der Waals surface area contributed by atoms with Crippen molar-refractivity contribution in [3.05, 3.63) is 43.1 Å². The number of rotatable bonds is 2. The van der Waals surface area contributed by atoms with E-state index in [-0.39, 0.29) is 0 Å². The van der Waals surface area contributed by atoms with E-state index in [9.17, 15) is 0 Å². The van der Waals surface area contributed by atoms with E-state index >= 15 is 0 Å². The Bertz CT molecular complexity index is 621. The quantitative estimate of drug-likeness (QED) is 0.653. The van der Waals surface area contributed by atoms with E-state index in [0.717, 1.165) is 23.3 Å². The summed E-state index contributed by atoms with van der Waals surface area (Å²) in [6.07, 6.45) is 7.69. The van der Waals surface area contributed by atoms with E-state index in [2.05, 4.69) is 27.6 Å². The normalized spacial score (nSPS) is 11.1. The summed E-state index contributed by atoms with van der Waals surface area (Å²) >= 11 is 0. The van der Waals surface area contributed by atoms with Gasteiger partial charge in [0, 0.05) is 30.7 Å². The number of hydrogen-bond acceptors (Lipinski definition) is 2. The Morgan fingerprint density at radius 2 is 2.12 bits per heavy atom. The Labute approximate surface area is 93.2 Å². The van der Waals surface area contributed by atoms with Crippen molar-refractivity contribution in [1.29, 1.82) is 0 Å². The number of aryl methyl sites for hydroxylation is 1. The minimum atomic E-state index is 0.941. The molecule has 16 heavy (non-hydrogen) atoms. The molecule has 3 rings (SSSR count). The second-order valence-electron chi connectivity index (χ2n) is 3.71. The zero-order valence-corrected chi connectivity index (χ0v) is 9.04. The van der Waals surface area contributed by atoms with Crippen molar-refractivity contribution in [3.8, 4) is 11.3 Å². The first-order valence-corrected chi connectivity index (χ1v) is 5.32. The summed E-state index contributed by atoms with van der Waals surface area (Å²) in [5.41, 5.74) is 3.17. The standard InChI is InChI=1S/C12H12N4/c1-2-15-8-12(13-9-15)10-3-4-11-5-6-14-16(11)7-10/h3-9H,2H2,1H3. The third kappa shape index (κ3) is 1.39. The van der Waals surface area contributed by atoms with Crippen molar-refractivity contribution in [1.82, 2.24) is 19.2 Å². The van der Waals surface area contributed by atoms with Gasteiger partial charge in [-0.25, -0.2) is 9.50 Å². The van der Waals surface area contributed by atoms with Crippen molar-refractivity contribution < 1.29 is 0 Å². The fraction of sp³-hybridized carbons (Fsp3) is 0.167. The molecule has 3 aromatic heterocycles. The highest BCUT2D eigenvalue weighted by molar-refractivity contribution is 5.61. The minimum absolute atomic E-state index is 0.941. The SMILES string of the molecule is CCn1cnc(-c2ccc3ccnn3c2)c1. The molecule has 4 heteroatoms. The maximum absolute atomic E-state index is 4.37. The van der Waals surface area contributed by atoms with Gasteiger partial charge in [0.2, 0.25) is 0 Å². The van der Waals surface area contributed by atoms with E-state index in [1.54, 1.807) is 6.20 Å². The molecule has 0 atom stereocenters. The average Bonchev–Trinajstić information content (AvgIpc) is 2.96. The Hall–Kier alpha value is -2.10. The number of aromatic nitrogens is 4. The van der Waals surface area contributed by atoms with E-state index in [0.29, 0.717) is 0 Å². The van der Waals surface area contributed by atoms with Gasteiger partial charge in [-0.2, -0.15) is 5.10 Å². The van der Waals surface area contributed by atoms with Crippen LogP contribution in [0.4, 0.5) is 0 Å². The molecule has 0 aliphatic rings. The molecule has 3 heterocycles. The van der Waals surface area contributed by atoms with Crippen LogP contribution in [0.3, 0.4) is 0 Å². The first-order chi connectivity index (χ1) is 7.86. The molecule has 0 saturated carbocycles. The third-order valence-corrected chi connectivity index (χ3v) is 2.69. The fourth-order valence-corrected chi connectivity index (χ4v) is 1.75. The Balaban J connectivity index is 2.10. The van der Waals surface area contributed by atoms with Crippen molar-refractivity contribution in [2.45, 2.75) is 13.5 Å². The largest absolute Gasteiger partial charge is 0.337 e. The lowest BCUT2D eigenvalue weighted by molar-refractivity contribution is 0.762. The Morgan fingerprint density at radius 1 is 1.19 bits per heavy atom. The molecule has 0 radical (unpaired) electrons. The highest BCUT2D eigenvalue weighted by atomic mass is 15.2. The van der Waals surface area contributed by atoms with Gasteiger partial charge in [-0.3, -0.25) is 0 Å². The predicted molar refractivity (Wildman–Crippen MR) is 62.1 cm³/mol. The van der Waals surface area contributed by atoms with Crippen LogP contribution < -0.4 is 0 Å². The highest BCUT2D eigenvalue weighted by Crippen LogP contribution is 2.17. The second-order valence-corrected chi connectivity index (χ2v) is 3.71. The molecule has 0 aliphatic heterocycles. The van der Waals surface area contributed by atoms with Crippen molar-refractivity contribution >= 4 is 5.52 Å². The molecule has 0 aliphatic carbocycles. The van der Waals surface area contributed by atoms with Crippen LogP contribution in [-0.2, 0) is 6.54 Å². The molecular weight excluding hydrogens is 200 g/mol. The van der Waals surface area contributed by atoms with Gasteiger partial charge in [-0.05, 0) is 25.1 Å². The lowest BCUT2D eigenvalue weighted by atomic mass is 10.2. The summed E-state index contributed by atoms with van der Waals surface area (Å²) in [7, 11) is 0. The summed E-state index contributed by atoms with van der Waals surface area (Å²) < 4.78 is 3.92. The number of imidazole rings is 1. The second kappa shape index (κ2) is 3.48. The molecule has 3 aromatic rings. The molecule has 4 nitrogen and oxygen atoms in total. The number of pyridine rings is 1. The first-order valence-electron chi connectivity index (χ1n) is 5.32. The van der Waals surface area contributed by atoms with Gasteiger partial charge in [-0.15, -0.1) is 0 Å². The lowest BCUT2D eigenvalue weighted by Gasteiger charge is -1.98. The van der Waals surface area contributed by atoms with Gasteiger partial charge in [0.25, 0.3) is 0 Å². The predicted octanol–water partition coefficient (Wildman–Crippen LogP) is 2.22. The lowest BCUT2D eigenvalue weighted by Crippen LogP contribution is -1.88. The average molecular weight is 212 g/mol.